The normalized spacial score (nSPS) is 11.4. The summed E-state index contributed by atoms with van der Waals surface area (Å²) in [5.74, 6) is 1.60. The lowest BCUT2D eigenvalue weighted by Gasteiger charge is -2.15. The maximum Gasteiger partial charge on any atom is 0.175 e. The number of allylic oxidation sites excluding steroid dienone is 1. The summed E-state index contributed by atoms with van der Waals surface area (Å²) in [5.41, 5.74) is 3.64. The number of para-hydroxylation sites is 2. The van der Waals surface area contributed by atoms with Crippen molar-refractivity contribution in [2.45, 2.75) is 13.5 Å². The van der Waals surface area contributed by atoms with Crippen molar-refractivity contribution in [3.8, 4) is 17.6 Å². The Kier molecular flexibility index (Phi) is 7.24. The number of fused-ring (bicyclic) bond motifs is 1. The number of imidazole rings is 1. The largest absolute Gasteiger partial charge is 0.490 e. The number of hydrogen-bond acceptors (Lipinski definition) is 4. The van der Waals surface area contributed by atoms with Crippen LogP contribution in [0.25, 0.3) is 22.7 Å². The molecule has 8 heteroatoms. The lowest BCUT2D eigenvalue weighted by Crippen LogP contribution is -2.01. The van der Waals surface area contributed by atoms with Crippen molar-refractivity contribution in [3.05, 3.63) is 86.1 Å². The fraction of sp³-hybridized carbons (Fsp3) is 0.120. The van der Waals surface area contributed by atoms with Gasteiger partial charge >= 0.3 is 0 Å². The van der Waals surface area contributed by atoms with Gasteiger partial charge in [0.1, 0.15) is 18.5 Å². The zero-order valence-corrected chi connectivity index (χ0v) is 20.6. The summed E-state index contributed by atoms with van der Waals surface area (Å²) in [5, 5.41) is 10.8. The molecule has 33 heavy (non-hydrogen) atoms. The van der Waals surface area contributed by atoms with Crippen LogP contribution in [0, 0.1) is 11.3 Å². The summed E-state index contributed by atoms with van der Waals surface area (Å²) in [6, 6.07) is 18.8. The van der Waals surface area contributed by atoms with Gasteiger partial charge < -0.3 is 14.5 Å². The molecule has 0 spiro atoms. The van der Waals surface area contributed by atoms with Crippen molar-refractivity contribution in [1.29, 1.82) is 5.26 Å². The van der Waals surface area contributed by atoms with Crippen molar-refractivity contribution >= 4 is 61.8 Å². The first kappa shape index (κ1) is 23.2. The first-order valence-corrected chi connectivity index (χ1v) is 11.6. The number of aromatic nitrogens is 2. The van der Waals surface area contributed by atoms with E-state index < -0.39 is 0 Å². The molecule has 0 bridgehead atoms. The SMILES string of the molecule is CCOc1cc(/C=C(/C#N)c2nc3ccccc3[nH]2)cc(Br)c1OCc1ccc(Cl)cc1Cl. The van der Waals surface area contributed by atoms with Gasteiger partial charge in [-0.05, 0) is 70.9 Å². The lowest BCUT2D eigenvalue weighted by molar-refractivity contribution is 0.267. The minimum Gasteiger partial charge on any atom is -0.490 e. The van der Waals surface area contributed by atoms with Gasteiger partial charge in [0.25, 0.3) is 0 Å². The average Bonchev–Trinajstić information content (AvgIpc) is 3.22. The highest BCUT2D eigenvalue weighted by Gasteiger charge is 2.15. The third kappa shape index (κ3) is 5.33. The predicted octanol–water partition coefficient (Wildman–Crippen LogP) is 7.67. The summed E-state index contributed by atoms with van der Waals surface area (Å²) >= 11 is 15.8. The zero-order valence-electron chi connectivity index (χ0n) is 17.5. The topological polar surface area (TPSA) is 70.9 Å². The van der Waals surface area contributed by atoms with Gasteiger partial charge in [0.05, 0.1) is 27.7 Å². The number of benzene rings is 3. The minimum absolute atomic E-state index is 0.242. The van der Waals surface area contributed by atoms with E-state index in [1.165, 1.54) is 0 Å². The number of nitriles is 1. The van der Waals surface area contributed by atoms with Crippen LogP contribution in [0.15, 0.2) is 59.1 Å². The second kappa shape index (κ2) is 10.3. The second-order valence-electron chi connectivity index (χ2n) is 7.06. The molecule has 0 aliphatic rings. The summed E-state index contributed by atoms with van der Waals surface area (Å²) in [4.78, 5) is 7.71. The van der Waals surface area contributed by atoms with Gasteiger partial charge in [-0.1, -0.05) is 41.4 Å². The van der Waals surface area contributed by atoms with Crippen LogP contribution in [-0.4, -0.2) is 16.6 Å². The third-order valence-electron chi connectivity index (χ3n) is 4.79. The van der Waals surface area contributed by atoms with E-state index in [1.54, 1.807) is 18.2 Å². The Morgan fingerprint density at radius 2 is 1.97 bits per heavy atom. The number of nitrogens with one attached hydrogen (secondary N) is 1. The molecule has 0 saturated carbocycles. The molecule has 0 aliphatic carbocycles. The molecule has 4 aromatic rings. The van der Waals surface area contributed by atoms with Crippen LogP contribution >= 0.6 is 39.1 Å². The highest BCUT2D eigenvalue weighted by molar-refractivity contribution is 9.10. The Morgan fingerprint density at radius 3 is 2.70 bits per heavy atom. The molecular weight excluding hydrogens is 525 g/mol. The van der Waals surface area contributed by atoms with Gasteiger partial charge in [-0.15, -0.1) is 0 Å². The van der Waals surface area contributed by atoms with Gasteiger partial charge in [0.2, 0.25) is 0 Å². The molecule has 0 atom stereocenters. The fourth-order valence-corrected chi connectivity index (χ4v) is 4.30. The molecule has 1 aromatic heterocycles. The summed E-state index contributed by atoms with van der Waals surface area (Å²) in [7, 11) is 0. The van der Waals surface area contributed by atoms with E-state index in [4.69, 9.17) is 32.7 Å². The van der Waals surface area contributed by atoms with Crippen LogP contribution in [0.2, 0.25) is 10.0 Å². The van der Waals surface area contributed by atoms with Crippen molar-refractivity contribution in [2.75, 3.05) is 6.61 Å². The summed E-state index contributed by atoms with van der Waals surface area (Å²) < 4.78 is 12.5. The van der Waals surface area contributed by atoms with Gasteiger partial charge in [-0.3, -0.25) is 0 Å². The van der Waals surface area contributed by atoms with E-state index >= 15 is 0 Å². The lowest BCUT2D eigenvalue weighted by atomic mass is 10.1. The zero-order chi connectivity index (χ0) is 23.4. The number of halogens is 3. The molecule has 0 radical (unpaired) electrons. The van der Waals surface area contributed by atoms with Crippen LogP contribution in [0.3, 0.4) is 0 Å². The van der Waals surface area contributed by atoms with Crippen LogP contribution in [0.5, 0.6) is 11.5 Å². The van der Waals surface area contributed by atoms with Gasteiger partial charge in [-0.2, -0.15) is 5.26 Å². The number of H-pyrrole nitrogens is 1. The second-order valence-corrected chi connectivity index (χ2v) is 8.76. The molecule has 0 aliphatic heterocycles. The number of ether oxygens (including phenoxy) is 2. The molecular formula is C25H18BrCl2N3O2. The third-order valence-corrected chi connectivity index (χ3v) is 5.97. The van der Waals surface area contributed by atoms with E-state index in [1.807, 2.05) is 49.4 Å². The van der Waals surface area contributed by atoms with E-state index in [-0.39, 0.29) is 6.61 Å². The Morgan fingerprint density at radius 1 is 1.15 bits per heavy atom. The van der Waals surface area contributed by atoms with Crippen LogP contribution in [0.4, 0.5) is 0 Å². The Labute approximate surface area is 209 Å². The summed E-state index contributed by atoms with van der Waals surface area (Å²) in [6.07, 6.45) is 1.75. The van der Waals surface area contributed by atoms with E-state index in [0.29, 0.717) is 44.0 Å². The van der Waals surface area contributed by atoms with E-state index in [2.05, 4.69) is 32.0 Å². The number of nitrogens with zero attached hydrogens (tertiary/aromatic N) is 2. The smallest absolute Gasteiger partial charge is 0.175 e. The first-order chi connectivity index (χ1) is 16.0. The number of hydrogen-bond donors (Lipinski definition) is 1. The van der Waals surface area contributed by atoms with Crippen molar-refractivity contribution in [3.63, 3.8) is 0 Å². The summed E-state index contributed by atoms with van der Waals surface area (Å²) in [6.45, 7) is 2.59. The molecule has 1 heterocycles. The molecule has 0 unspecified atom stereocenters. The van der Waals surface area contributed by atoms with Crippen molar-refractivity contribution in [2.24, 2.45) is 0 Å². The average molecular weight is 543 g/mol. The van der Waals surface area contributed by atoms with Gasteiger partial charge in [0, 0.05) is 15.6 Å². The van der Waals surface area contributed by atoms with E-state index in [9.17, 15) is 5.26 Å². The molecule has 166 valence electrons. The Hall–Kier alpha value is -2.98. The first-order valence-electron chi connectivity index (χ1n) is 10.1. The molecule has 0 saturated heterocycles. The minimum atomic E-state index is 0.242. The molecule has 0 amide bonds. The number of rotatable bonds is 7. The van der Waals surface area contributed by atoms with E-state index in [0.717, 1.165) is 22.2 Å². The van der Waals surface area contributed by atoms with Gasteiger partial charge in [0.15, 0.2) is 11.5 Å². The highest BCUT2D eigenvalue weighted by atomic mass is 79.9. The molecule has 5 nitrogen and oxygen atoms in total. The van der Waals surface area contributed by atoms with Crippen LogP contribution in [0.1, 0.15) is 23.9 Å². The quantitative estimate of drug-likeness (QED) is 0.243. The number of aromatic amines is 1. The predicted molar refractivity (Wildman–Crippen MR) is 136 cm³/mol. The monoisotopic (exact) mass is 541 g/mol. The fourth-order valence-electron chi connectivity index (χ4n) is 3.26. The molecule has 1 N–H and O–H groups in total. The van der Waals surface area contributed by atoms with Crippen molar-refractivity contribution in [1.82, 2.24) is 9.97 Å². The van der Waals surface area contributed by atoms with Gasteiger partial charge in [-0.25, -0.2) is 4.98 Å². The maximum atomic E-state index is 9.75. The molecule has 0 fully saturated rings. The molecule has 4 rings (SSSR count). The Bertz CT molecular complexity index is 1360. The van der Waals surface area contributed by atoms with Crippen LogP contribution in [-0.2, 0) is 6.61 Å². The molecule has 3 aromatic carbocycles. The highest BCUT2D eigenvalue weighted by Crippen LogP contribution is 2.39. The standard InChI is InChI=1S/C25H18BrCl2N3O2/c1-2-32-23-11-15(9-17(13-29)25-30-21-5-3-4-6-22(21)31-25)10-19(26)24(23)33-14-16-7-8-18(27)12-20(16)28/h3-12H,2,14H2,1H3,(H,30,31)/b17-9-. The Balaban J connectivity index is 1.66. The van der Waals surface area contributed by atoms with Crippen LogP contribution < -0.4 is 9.47 Å². The maximum absolute atomic E-state index is 9.75. The van der Waals surface area contributed by atoms with Crippen molar-refractivity contribution < 1.29 is 9.47 Å².